The van der Waals surface area contributed by atoms with Gasteiger partial charge in [-0.05, 0) is 43.7 Å². The van der Waals surface area contributed by atoms with Gasteiger partial charge in [0.15, 0.2) is 0 Å². The van der Waals surface area contributed by atoms with Crippen molar-refractivity contribution in [2.45, 2.75) is 50.7 Å². The highest BCUT2D eigenvalue weighted by molar-refractivity contribution is 5.78. The lowest BCUT2D eigenvalue weighted by Gasteiger charge is -2.36. The molecule has 0 aliphatic carbocycles. The molecular weight excluding hydrogens is 400 g/mol. The second-order valence-electron chi connectivity index (χ2n) is 8.71. The van der Waals surface area contributed by atoms with E-state index in [4.69, 9.17) is 9.84 Å². The summed E-state index contributed by atoms with van der Waals surface area (Å²) in [6.45, 7) is 3.35. The number of hydrogen-bond donors (Lipinski definition) is 1. The number of aromatic nitrogens is 1. The van der Waals surface area contributed by atoms with Crippen LogP contribution in [0.5, 0.6) is 0 Å². The molecule has 9 nitrogen and oxygen atoms in total. The maximum absolute atomic E-state index is 12.7. The minimum Gasteiger partial charge on any atom is -0.481 e. The highest BCUT2D eigenvalue weighted by Crippen LogP contribution is 2.27. The molecule has 0 bridgehead atoms. The monoisotopic (exact) mass is 430 g/mol. The molecule has 4 heterocycles. The summed E-state index contributed by atoms with van der Waals surface area (Å²) < 4.78 is 5.51. The number of amides is 2. The SMILES string of the molecule is O=C(O)CC1CCN(C(=O)CC2CN(C3CCN(c4ccncc4)CC3)C(=O)O2)CC1. The Morgan fingerprint density at radius 1 is 1.03 bits per heavy atom. The van der Waals surface area contributed by atoms with Crippen molar-refractivity contribution in [3.05, 3.63) is 24.5 Å². The minimum absolute atomic E-state index is 0.0130. The molecule has 0 saturated carbocycles. The van der Waals surface area contributed by atoms with E-state index in [1.165, 1.54) is 0 Å². The summed E-state index contributed by atoms with van der Waals surface area (Å²) in [5.74, 6) is -0.658. The maximum Gasteiger partial charge on any atom is 0.410 e. The third-order valence-electron chi connectivity index (χ3n) is 6.67. The van der Waals surface area contributed by atoms with Crippen molar-refractivity contribution < 1.29 is 24.2 Å². The van der Waals surface area contributed by atoms with Crippen LogP contribution in [0.4, 0.5) is 10.5 Å². The molecule has 31 heavy (non-hydrogen) atoms. The van der Waals surface area contributed by atoms with E-state index >= 15 is 0 Å². The molecular formula is C22H30N4O5. The summed E-state index contributed by atoms with van der Waals surface area (Å²) in [5.41, 5.74) is 1.15. The van der Waals surface area contributed by atoms with Gasteiger partial charge in [-0.3, -0.25) is 14.6 Å². The molecule has 3 aliphatic heterocycles. The first kappa shape index (κ1) is 21.4. The summed E-state index contributed by atoms with van der Waals surface area (Å²) in [6.07, 6.45) is 6.37. The first-order chi connectivity index (χ1) is 15.0. The van der Waals surface area contributed by atoms with E-state index in [1.807, 2.05) is 12.1 Å². The molecule has 4 rings (SSSR count). The smallest absolute Gasteiger partial charge is 0.410 e. The largest absolute Gasteiger partial charge is 0.481 e. The fourth-order valence-electron chi connectivity index (χ4n) is 4.89. The van der Waals surface area contributed by atoms with Crippen molar-refractivity contribution >= 4 is 23.7 Å². The number of likely N-dealkylation sites (tertiary alicyclic amines) is 1. The summed E-state index contributed by atoms with van der Waals surface area (Å²) in [5, 5.41) is 8.92. The van der Waals surface area contributed by atoms with Crippen LogP contribution in [0.15, 0.2) is 24.5 Å². The highest BCUT2D eigenvalue weighted by Gasteiger charge is 2.39. The van der Waals surface area contributed by atoms with Gasteiger partial charge in [-0.15, -0.1) is 0 Å². The van der Waals surface area contributed by atoms with Crippen LogP contribution in [-0.2, 0) is 14.3 Å². The van der Waals surface area contributed by atoms with Gasteiger partial charge >= 0.3 is 12.1 Å². The quantitative estimate of drug-likeness (QED) is 0.736. The minimum atomic E-state index is -0.783. The molecule has 168 valence electrons. The highest BCUT2D eigenvalue weighted by atomic mass is 16.6. The maximum atomic E-state index is 12.7. The summed E-state index contributed by atoms with van der Waals surface area (Å²) in [4.78, 5) is 45.9. The van der Waals surface area contributed by atoms with Crippen LogP contribution in [0.25, 0.3) is 0 Å². The molecule has 0 radical (unpaired) electrons. The average Bonchev–Trinajstić information content (AvgIpc) is 3.14. The van der Waals surface area contributed by atoms with E-state index in [1.54, 1.807) is 22.2 Å². The van der Waals surface area contributed by atoms with Crippen molar-refractivity contribution in [3.8, 4) is 0 Å². The fraction of sp³-hybridized carbons (Fsp3) is 0.636. The second kappa shape index (κ2) is 9.53. The van der Waals surface area contributed by atoms with Gasteiger partial charge in [0, 0.05) is 56.7 Å². The van der Waals surface area contributed by atoms with Crippen molar-refractivity contribution in [1.29, 1.82) is 0 Å². The number of nitrogens with zero attached hydrogens (tertiary/aromatic N) is 4. The Morgan fingerprint density at radius 3 is 2.35 bits per heavy atom. The molecule has 1 unspecified atom stereocenters. The van der Waals surface area contributed by atoms with Gasteiger partial charge in [-0.2, -0.15) is 0 Å². The van der Waals surface area contributed by atoms with Gasteiger partial charge in [-0.25, -0.2) is 4.79 Å². The molecule has 1 aromatic heterocycles. The van der Waals surface area contributed by atoms with Crippen LogP contribution in [0.1, 0.15) is 38.5 Å². The number of pyridine rings is 1. The Labute approximate surface area is 182 Å². The number of rotatable bonds is 6. The summed E-state index contributed by atoms with van der Waals surface area (Å²) >= 11 is 0. The molecule has 1 aromatic rings. The number of carboxylic acid groups (broad SMARTS) is 1. The molecule has 2 amide bonds. The number of ether oxygens (including phenoxy) is 1. The summed E-state index contributed by atoms with van der Waals surface area (Å²) in [7, 11) is 0. The summed E-state index contributed by atoms with van der Waals surface area (Å²) in [6, 6.07) is 4.13. The number of carboxylic acids is 1. The number of hydrogen-bond acceptors (Lipinski definition) is 6. The Hall–Kier alpha value is -2.84. The van der Waals surface area contributed by atoms with E-state index in [2.05, 4.69) is 9.88 Å². The third kappa shape index (κ3) is 5.26. The molecule has 0 spiro atoms. The first-order valence-corrected chi connectivity index (χ1v) is 11.1. The normalized spacial score (nSPS) is 23.2. The molecule has 1 N–H and O–H groups in total. The predicted octanol–water partition coefficient (Wildman–Crippen LogP) is 1.97. The average molecular weight is 431 g/mol. The number of aliphatic carboxylic acids is 1. The van der Waals surface area contributed by atoms with Crippen LogP contribution in [0, 0.1) is 5.92 Å². The zero-order valence-electron chi connectivity index (χ0n) is 17.7. The molecule has 1 atom stereocenters. The van der Waals surface area contributed by atoms with E-state index in [0.717, 1.165) is 31.6 Å². The van der Waals surface area contributed by atoms with E-state index in [9.17, 15) is 14.4 Å². The lowest BCUT2D eigenvalue weighted by atomic mass is 9.93. The van der Waals surface area contributed by atoms with Crippen LogP contribution in [-0.4, -0.2) is 82.7 Å². The van der Waals surface area contributed by atoms with Crippen molar-refractivity contribution in [2.24, 2.45) is 5.92 Å². The molecule has 0 aromatic carbocycles. The van der Waals surface area contributed by atoms with Crippen LogP contribution in [0.2, 0.25) is 0 Å². The fourth-order valence-corrected chi connectivity index (χ4v) is 4.89. The van der Waals surface area contributed by atoms with Gasteiger partial charge in [0.05, 0.1) is 13.0 Å². The van der Waals surface area contributed by atoms with Crippen LogP contribution < -0.4 is 4.90 Å². The predicted molar refractivity (Wildman–Crippen MR) is 113 cm³/mol. The van der Waals surface area contributed by atoms with Gasteiger partial charge in [0.1, 0.15) is 6.10 Å². The lowest BCUT2D eigenvalue weighted by Crippen LogP contribution is -2.45. The molecule has 3 saturated heterocycles. The van der Waals surface area contributed by atoms with Crippen molar-refractivity contribution in [3.63, 3.8) is 0 Å². The molecule has 3 aliphatic rings. The zero-order chi connectivity index (χ0) is 21.8. The number of piperidine rings is 2. The topological polar surface area (TPSA) is 103 Å². The third-order valence-corrected chi connectivity index (χ3v) is 6.67. The Kier molecular flexibility index (Phi) is 6.58. The number of anilines is 1. The van der Waals surface area contributed by atoms with Crippen molar-refractivity contribution in [2.75, 3.05) is 37.6 Å². The van der Waals surface area contributed by atoms with Crippen LogP contribution >= 0.6 is 0 Å². The van der Waals surface area contributed by atoms with Gasteiger partial charge in [0.2, 0.25) is 5.91 Å². The number of carbonyl (C=O) groups excluding carboxylic acids is 2. The first-order valence-electron chi connectivity index (χ1n) is 11.1. The van der Waals surface area contributed by atoms with Crippen molar-refractivity contribution in [1.82, 2.24) is 14.8 Å². The number of carbonyl (C=O) groups is 3. The molecule has 9 heteroatoms. The van der Waals surface area contributed by atoms with E-state index in [-0.39, 0.29) is 36.8 Å². The van der Waals surface area contributed by atoms with Crippen LogP contribution in [0.3, 0.4) is 0 Å². The van der Waals surface area contributed by atoms with Gasteiger partial charge in [-0.1, -0.05) is 0 Å². The van der Waals surface area contributed by atoms with E-state index in [0.29, 0.717) is 32.5 Å². The Bertz CT molecular complexity index is 788. The van der Waals surface area contributed by atoms with Gasteiger partial charge < -0.3 is 24.5 Å². The zero-order valence-corrected chi connectivity index (χ0v) is 17.7. The standard InChI is InChI=1S/C22H30N4O5/c27-20(25-9-3-16(4-10-25)13-21(28)29)14-19-15-26(22(30)31-19)18-5-11-24(12-6-18)17-1-7-23-8-2-17/h1-2,7-8,16,18-19H,3-6,9-15H2,(H,28,29). The molecule has 3 fully saturated rings. The second-order valence-corrected chi connectivity index (χ2v) is 8.71. The van der Waals surface area contributed by atoms with Gasteiger partial charge in [0.25, 0.3) is 0 Å². The lowest BCUT2D eigenvalue weighted by molar-refractivity contribution is -0.138. The Morgan fingerprint density at radius 2 is 1.71 bits per heavy atom. The van der Waals surface area contributed by atoms with E-state index < -0.39 is 12.1 Å². The number of cyclic esters (lactones) is 1. The Balaban J connectivity index is 1.23.